The lowest BCUT2D eigenvalue weighted by molar-refractivity contribution is -0.118. The van der Waals surface area contributed by atoms with E-state index >= 15 is 0 Å². The third-order valence-corrected chi connectivity index (χ3v) is 4.48. The zero-order valence-electron chi connectivity index (χ0n) is 11.4. The molecule has 1 heterocycles. The molecule has 0 saturated carbocycles. The normalized spacial score (nSPS) is 11.0. The summed E-state index contributed by atoms with van der Waals surface area (Å²) in [6, 6.07) is 7.47. The van der Waals surface area contributed by atoms with Crippen LogP contribution in [0.25, 0.3) is 0 Å². The lowest BCUT2D eigenvalue weighted by Crippen LogP contribution is -2.32. The fourth-order valence-corrected chi connectivity index (χ4v) is 3.45. The van der Waals surface area contributed by atoms with Crippen LogP contribution in [-0.4, -0.2) is 24.1 Å². The number of carbonyl (C=O) groups is 1. The number of nitrogens with one attached hydrogen (secondary N) is 1. The second-order valence-corrected chi connectivity index (χ2v) is 7.07. The van der Waals surface area contributed by atoms with Crippen molar-refractivity contribution >= 4 is 31.9 Å². The molecule has 0 spiro atoms. The Morgan fingerprint density at radius 2 is 2.18 bits per heavy atom. The summed E-state index contributed by atoms with van der Waals surface area (Å²) >= 11 is 3.13. The van der Waals surface area contributed by atoms with Gasteiger partial charge >= 0.3 is 0 Å². The molecule has 22 heavy (non-hydrogen) atoms. The molecule has 0 atom stereocenters. The molecule has 9 heteroatoms. The molecule has 1 aromatic carbocycles. The van der Waals surface area contributed by atoms with E-state index < -0.39 is 15.9 Å². The van der Waals surface area contributed by atoms with Gasteiger partial charge in [0.25, 0.3) is 10.0 Å². The number of benzene rings is 1. The number of halogens is 1. The number of carbonyl (C=O) groups excluding carboxylic acids is 1. The van der Waals surface area contributed by atoms with Crippen molar-refractivity contribution in [2.75, 3.05) is 0 Å². The number of aromatic nitrogens is 2. The van der Waals surface area contributed by atoms with E-state index in [1.165, 1.54) is 22.9 Å². The standard InChI is InChI=1S/C13H11BrN4O3S/c1-18-3-2-11(16-18)7-13(19)17-22(20,21)12-5-9(8-15)4-10(14)6-12/h2-6H,7H2,1H3,(H,17,19). The highest BCUT2D eigenvalue weighted by Crippen LogP contribution is 2.19. The van der Waals surface area contributed by atoms with Crippen LogP contribution in [0.3, 0.4) is 0 Å². The van der Waals surface area contributed by atoms with Crippen LogP contribution in [0, 0.1) is 11.3 Å². The summed E-state index contributed by atoms with van der Waals surface area (Å²) in [4.78, 5) is 11.7. The monoisotopic (exact) mass is 382 g/mol. The third kappa shape index (κ3) is 3.93. The third-order valence-electron chi connectivity index (χ3n) is 2.67. The van der Waals surface area contributed by atoms with Crippen LogP contribution in [0.2, 0.25) is 0 Å². The summed E-state index contributed by atoms with van der Waals surface area (Å²) in [6.45, 7) is 0. The van der Waals surface area contributed by atoms with Gasteiger partial charge in [0.2, 0.25) is 5.91 Å². The minimum absolute atomic E-state index is 0.154. The van der Waals surface area contributed by atoms with E-state index in [0.717, 1.165) is 0 Å². The molecule has 0 fully saturated rings. The molecular weight excluding hydrogens is 372 g/mol. The van der Waals surface area contributed by atoms with Gasteiger partial charge in [-0.2, -0.15) is 10.4 Å². The predicted molar refractivity (Wildman–Crippen MR) is 81.1 cm³/mol. The molecule has 0 saturated heterocycles. The van der Waals surface area contributed by atoms with E-state index in [2.05, 4.69) is 21.0 Å². The Hall–Kier alpha value is -2.18. The summed E-state index contributed by atoms with van der Waals surface area (Å²) in [5.74, 6) is -0.697. The van der Waals surface area contributed by atoms with E-state index in [-0.39, 0.29) is 16.9 Å². The summed E-state index contributed by atoms with van der Waals surface area (Å²) in [5.41, 5.74) is 0.633. The number of amides is 1. The SMILES string of the molecule is Cn1ccc(CC(=O)NS(=O)(=O)c2cc(Br)cc(C#N)c2)n1. The molecule has 0 aliphatic rings. The minimum Gasteiger partial charge on any atom is -0.276 e. The highest BCUT2D eigenvalue weighted by molar-refractivity contribution is 9.10. The average Bonchev–Trinajstić information content (AvgIpc) is 2.82. The molecule has 0 aliphatic heterocycles. The number of sulfonamides is 1. The Morgan fingerprint density at radius 1 is 1.45 bits per heavy atom. The fourth-order valence-electron chi connectivity index (χ4n) is 1.75. The Balaban J connectivity index is 2.19. The number of rotatable bonds is 4. The molecular formula is C13H11BrN4O3S. The highest BCUT2D eigenvalue weighted by atomic mass is 79.9. The van der Waals surface area contributed by atoms with Gasteiger partial charge in [0.1, 0.15) is 0 Å². The minimum atomic E-state index is -4.04. The van der Waals surface area contributed by atoms with Crippen LogP contribution in [0.1, 0.15) is 11.3 Å². The number of nitrogens with zero attached hydrogens (tertiary/aromatic N) is 3. The van der Waals surface area contributed by atoms with Crippen LogP contribution in [0.5, 0.6) is 0 Å². The molecule has 114 valence electrons. The summed E-state index contributed by atoms with van der Waals surface area (Å²) in [7, 11) is -2.35. The maximum Gasteiger partial charge on any atom is 0.264 e. The largest absolute Gasteiger partial charge is 0.276 e. The molecule has 0 radical (unpaired) electrons. The van der Waals surface area contributed by atoms with Gasteiger partial charge in [0, 0.05) is 17.7 Å². The average molecular weight is 383 g/mol. The van der Waals surface area contributed by atoms with E-state index in [4.69, 9.17) is 5.26 Å². The maximum atomic E-state index is 12.2. The van der Waals surface area contributed by atoms with Gasteiger partial charge in [-0.1, -0.05) is 15.9 Å². The Morgan fingerprint density at radius 3 is 2.77 bits per heavy atom. The zero-order valence-corrected chi connectivity index (χ0v) is 13.8. The summed E-state index contributed by atoms with van der Waals surface area (Å²) in [6.07, 6.45) is 1.50. The van der Waals surface area contributed by atoms with E-state index in [9.17, 15) is 13.2 Å². The zero-order chi connectivity index (χ0) is 16.3. The van der Waals surface area contributed by atoms with Crippen LogP contribution < -0.4 is 4.72 Å². The molecule has 2 rings (SSSR count). The van der Waals surface area contributed by atoms with E-state index in [1.54, 1.807) is 19.3 Å². The second kappa shape index (κ2) is 6.29. The van der Waals surface area contributed by atoms with Crippen LogP contribution >= 0.6 is 15.9 Å². The lowest BCUT2D eigenvalue weighted by atomic mass is 10.2. The van der Waals surface area contributed by atoms with Gasteiger partial charge in [-0.3, -0.25) is 9.48 Å². The number of hydrogen-bond donors (Lipinski definition) is 1. The first-order valence-corrected chi connectivity index (χ1v) is 8.32. The van der Waals surface area contributed by atoms with Crippen molar-refractivity contribution in [3.8, 4) is 6.07 Å². The maximum absolute atomic E-state index is 12.2. The molecule has 0 unspecified atom stereocenters. The second-order valence-electron chi connectivity index (χ2n) is 4.47. The van der Waals surface area contributed by atoms with E-state index in [1.807, 2.05) is 10.8 Å². The molecule has 0 aliphatic carbocycles. The fraction of sp³-hybridized carbons (Fsp3) is 0.154. The van der Waals surface area contributed by atoms with Crippen molar-refractivity contribution in [2.24, 2.45) is 7.05 Å². The van der Waals surface area contributed by atoms with Crippen LogP contribution in [0.15, 0.2) is 39.8 Å². The first-order valence-electron chi connectivity index (χ1n) is 6.05. The van der Waals surface area contributed by atoms with Gasteiger partial charge in [0.05, 0.1) is 28.6 Å². The van der Waals surface area contributed by atoms with Gasteiger partial charge in [0.15, 0.2) is 0 Å². The van der Waals surface area contributed by atoms with Crippen molar-refractivity contribution in [3.63, 3.8) is 0 Å². The van der Waals surface area contributed by atoms with Crippen molar-refractivity contribution in [1.82, 2.24) is 14.5 Å². The van der Waals surface area contributed by atoms with Gasteiger partial charge < -0.3 is 0 Å². The van der Waals surface area contributed by atoms with Crippen LogP contribution in [-0.2, 0) is 28.3 Å². The molecule has 1 amide bonds. The molecule has 2 aromatic rings. The molecule has 0 bridgehead atoms. The molecule has 1 N–H and O–H groups in total. The first-order chi connectivity index (χ1) is 10.3. The first kappa shape index (κ1) is 16.2. The highest BCUT2D eigenvalue weighted by Gasteiger charge is 2.19. The quantitative estimate of drug-likeness (QED) is 0.852. The summed E-state index contributed by atoms with van der Waals surface area (Å²) < 4.78 is 28.3. The molecule has 1 aromatic heterocycles. The Labute approximate surface area is 135 Å². The predicted octanol–water partition coefficient (Wildman–Crippen LogP) is 1.10. The van der Waals surface area contributed by atoms with E-state index in [0.29, 0.717) is 10.2 Å². The number of aryl methyl sites for hydroxylation is 1. The van der Waals surface area contributed by atoms with Gasteiger partial charge in [-0.15, -0.1) is 0 Å². The van der Waals surface area contributed by atoms with Crippen molar-refractivity contribution in [1.29, 1.82) is 5.26 Å². The smallest absolute Gasteiger partial charge is 0.264 e. The lowest BCUT2D eigenvalue weighted by Gasteiger charge is -2.07. The topological polar surface area (TPSA) is 105 Å². The molecule has 7 nitrogen and oxygen atoms in total. The van der Waals surface area contributed by atoms with Gasteiger partial charge in [-0.05, 0) is 24.3 Å². The Kier molecular flexibility index (Phi) is 4.63. The Bertz CT molecular complexity index is 868. The van der Waals surface area contributed by atoms with Crippen molar-refractivity contribution in [2.45, 2.75) is 11.3 Å². The number of nitriles is 1. The van der Waals surface area contributed by atoms with Crippen molar-refractivity contribution in [3.05, 3.63) is 46.2 Å². The summed E-state index contributed by atoms with van der Waals surface area (Å²) in [5, 5.41) is 12.9. The number of hydrogen-bond acceptors (Lipinski definition) is 5. The van der Waals surface area contributed by atoms with Gasteiger partial charge in [-0.25, -0.2) is 13.1 Å². The van der Waals surface area contributed by atoms with Crippen molar-refractivity contribution < 1.29 is 13.2 Å². The van der Waals surface area contributed by atoms with Crippen LogP contribution in [0.4, 0.5) is 0 Å².